The third-order valence-electron chi connectivity index (χ3n) is 7.36. The molecule has 2 heterocycles. The number of primary amides is 1. The number of esters is 1. The van der Waals surface area contributed by atoms with E-state index in [2.05, 4.69) is 9.97 Å². The first-order chi connectivity index (χ1) is 15.8. The topological polar surface area (TPSA) is 115 Å². The second kappa shape index (κ2) is 9.57. The van der Waals surface area contributed by atoms with E-state index in [4.69, 9.17) is 10.5 Å². The molecule has 2 aromatic rings. The van der Waals surface area contributed by atoms with Crippen molar-refractivity contribution in [3.63, 3.8) is 0 Å². The van der Waals surface area contributed by atoms with Crippen LogP contribution >= 0.6 is 0 Å². The molecule has 0 radical (unpaired) electrons. The first-order valence-corrected chi connectivity index (χ1v) is 11.7. The lowest BCUT2D eigenvalue weighted by molar-refractivity contribution is -0.920. The number of likely N-dealkylation sites (tertiary alicyclic amines) is 1. The lowest BCUT2D eigenvalue weighted by Gasteiger charge is -2.38. The van der Waals surface area contributed by atoms with Crippen molar-refractivity contribution in [3.05, 3.63) is 60.2 Å². The Kier molecular flexibility index (Phi) is 6.76. The number of nitrogens with zero attached hydrogens (tertiary/aromatic N) is 3. The van der Waals surface area contributed by atoms with Gasteiger partial charge in [-0.2, -0.15) is 0 Å². The van der Waals surface area contributed by atoms with Gasteiger partial charge in [0.15, 0.2) is 11.7 Å². The lowest BCUT2D eigenvalue weighted by atomic mass is 9.73. The van der Waals surface area contributed by atoms with Crippen LogP contribution in [-0.4, -0.2) is 57.7 Å². The molecule has 4 rings (SSSR count). The van der Waals surface area contributed by atoms with Crippen molar-refractivity contribution >= 4 is 11.9 Å². The van der Waals surface area contributed by atoms with Gasteiger partial charge in [0, 0.05) is 18.5 Å². The molecule has 8 nitrogen and oxygen atoms in total. The highest BCUT2D eigenvalue weighted by molar-refractivity contribution is 5.82. The SMILES string of the molecule is C[N+]1(C(C(N)=O)c2ccncn2)CC[C@@H](OC(=O)C(O)(c2ccccc2)C2CCCCC2)C1. The smallest absolute Gasteiger partial charge is 0.343 e. The molecular formula is C25H33N4O4+. The van der Waals surface area contributed by atoms with Gasteiger partial charge in [-0.15, -0.1) is 0 Å². The molecule has 1 saturated heterocycles. The van der Waals surface area contributed by atoms with Crippen molar-refractivity contribution in [2.75, 3.05) is 20.1 Å². The average molecular weight is 454 g/mol. The Morgan fingerprint density at radius 1 is 1.15 bits per heavy atom. The van der Waals surface area contributed by atoms with E-state index in [1.165, 1.54) is 6.33 Å². The maximum absolute atomic E-state index is 13.5. The van der Waals surface area contributed by atoms with E-state index in [0.29, 0.717) is 30.8 Å². The van der Waals surface area contributed by atoms with E-state index >= 15 is 0 Å². The lowest BCUT2D eigenvalue weighted by Crippen LogP contribution is -2.52. The van der Waals surface area contributed by atoms with Crippen molar-refractivity contribution in [1.82, 2.24) is 9.97 Å². The summed E-state index contributed by atoms with van der Waals surface area (Å²) in [5, 5.41) is 11.8. The van der Waals surface area contributed by atoms with E-state index in [9.17, 15) is 14.7 Å². The summed E-state index contributed by atoms with van der Waals surface area (Å²) in [7, 11) is 1.93. The predicted molar refractivity (Wildman–Crippen MR) is 121 cm³/mol. The molecule has 3 N–H and O–H groups in total. The fourth-order valence-corrected chi connectivity index (χ4v) is 5.63. The van der Waals surface area contributed by atoms with Crippen LogP contribution in [0, 0.1) is 5.92 Å². The average Bonchev–Trinajstić information content (AvgIpc) is 3.20. The van der Waals surface area contributed by atoms with Crippen LogP contribution in [0.15, 0.2) is 48.9 Å². The zero-order valence-electron chi connectivity index (χ0n) is 19.1. The molecule has 1 saturated carbocycles. The second-order valence-electron chi connectivity index (χ2n) is 9.61. The number of aliphatic hydroxyl groups is 1. The number of hydrogen-bond donors (Lipinski definition) is 2. The molecule has 8 heteroatoms. The van der Waals surface area contributed by atoms with Gasteiger partial charge in [0.2, 0.25) is 6.04 Å². The number of quaternary nitrogens is 1. The molecule has 2 aliphatic rings. The van der Waals surface area contributed by atoms with Crippen molar-refractivity contribution in [2.45, 2.75) is 56.3 Å². The first kappa shape index (κ1) is 23.3. The summed E-state index contributed by atoms with van der Waals surface area (Å²) in [6, 6.07) is 10.1. The Morgan fingerprint density at radius 2 is 1.88 bits per heavy atom. The molecule has 2 fully saturated rings. The van der Waals surface area contributed by atoms with Gasteiger partial charge in [-0.3, -0.25) is 4.79 Å². The van der Waals surface area contributed by atoms with Gasteiger partial charge in [-0.05, 0) is 24.5 Å². The van der Waals surface area contributed by atoms with E-state index in [1.807, 2.05) is 25.2 Å². The molecule has 1 aromatic heterocycles. The highest BCUT2D eigenvalue weighted by Crippen LogP contribution is 2.41. The van der Waals surface area contributed by atoms with E-state index in [1.54, 1.807) is 24.4 Å². The monoisotopic (exact) mass is 453 g/mol. The summed E-state index contributed by atoms with van der Waals surface area (Å²) in [6.07, 6.45) is 7.81. The number of carbonyl (C=O) groups is 2. The summed E-state index contributed by atoms with van der Waals surface area (Å²) in [4.78, 5) is 34.0. The molecule has 0 bridgehead atoms. The van der Waals surface area contributed by atoms with Gasteiger partial charge < -0.3 is 20.1 Å². The predicted octanol–water partition coefficient (Wildman–Crippen LogP) is 2.23. The minimum atomic E-state index is -1.68. The zero-order chi connectivity index (χ0) is 23.5. The van der Waals surface area contributed by atoms with E-state index in [0.717, 1.165) is 32.1 Å². The van der Waals surface area contributed by atoms with Crippen molar-refractivity contribution < 1.29 is 23.9 Å². The van der Waals surface area contributed by atoms with Crippen LogP contribution in [0.2, 0.25) is 0 Å². The van der Waals surface area contributed by atoms with Crippen LogP contribution in [0.3, 0.4) is 0 Å². The fraction of sp³-hybridized carbons (Fsp3) is 0.520. The number of nitrogens with two attached hydrogens (primary N) is 1. The maximum atomic E-state index is 13.5. The molecule has 33 heavy (non-hydrogen) atoms. The Morgan fingerprint density at radius 3 is 2.52 bits per heavy atom. The number of ether oxygens (including phenoxy) is 1. The van der Waals surface area contributed by atoms with Gasteiger partial charge in [0.1, 0.15) is 18.6 Å². The highest BCUT2D eigenvalue weighted by Gasteiger charge is 2.51. The van der Waals surface area contributed by atoms with Gasteiger partial charge in [-0.1, -0.05) is 49.6 Å². The number of rotatable bonds is 7. The molecule has 0 spiro atoms. The molecular weight excluding hydrogens is 420 g/mol. The minimum Gasteiger partial charge on any atom is -0.454 e. The Hall–Kier alpha value is -2.84. The summed E-state index contributed by atoms with van der Waals surface area (Å²) < 4.78 is 6.25. The van der Waals surface area contributed by atoms with Crippen LogP contribution in [0.5, 0.6) is 0 Å². The maximum Gasteiger partial charge on any atom is 0.343 e. The zero-order valence-corrected chi connectivity index (χ0v) is 19.1. The van der Waals surface area contributed by atoms with Gasteiger partial charge in [-0.25, -0.2) is 14.8 Å². The quantitative estimate of drug-likeness (QED) is 0.491. The Bertz CT molecular complexity index is 967. The van der Waals surface area contributed by atoms with Crippen LogP contribution in [0.4, 0.5) is 0 Å². The molecule has 176 valence electrons. The fourth-order valence-electron chi connectivity index (χ4n) is 5.63. The van der Waals surface area contributed by atoms with Crippen LogP contribution in [-0.2, 0) is 19.9 Å². The first-order valence-electron chi connectivity index (χ1n) is 11.7. The standard InChI is InChI=1S/C25H32N4O4/c1-29(22(23(26)30)21-12-14-27-17-28-21)15-13-20(16-29)33-24(31)25(32,18-8-4-2-5-9-18)19-10-6-3-7-11-19/h2,4-5,8-9,12,14,17,19-20,22,32H,3,6-7,10-11,13,15-16H2,1H3,(H-,26,30)/p+1/t20-,22?,25?,29?/m1/s1. The Balaban J connectivity index is 1.54. The van der Waals surface area contributed by atoms with E-state index < -0.39 is 29.6 Å². The van der Waals surface area contributed by atoms with Crippen LogP contribution in [0.25, 0.3) is 0 Å². The van der Waals surface area contributed by atoms with Gasteiger partial charge in [0.25, 0.3) is 5.91 Å². The number of amides is 1. The normalized spacial score (nSPS) is 26.3. The number of likely N-dealkylation sites (N-methyl/N-ethyl adjacent to an activating group) is 1. The summed E-state index contributed by atoms with van der Waals surface area (Å²) in [5.41, 5.74) is 5.21. The summed E-state index contributed by atoms with van der Waals surface area (Å²) in [6.45, 7) is 1.02. The van der Waals surface area contributed by atoms with Crippen molar-refractivity contribution in [1.29, 1.82) is 0 Å². The highest BCUT2D eigenvalue weighted by atomic mass is 16.6. The van der Waals surface area contributed by atoms with Gasteiger partial charge >= 0.3 is 5.97 Å². The third kappa shape index (κ3) is 4.63. The molecule has 4 atom stereocenters. The molecule has 1 aromatic carbocycles. The molecule has 1 aliphatic heterocycles. The summed E-state index contributed by atoms with van der Waals surface area (Å²) in [5.74, 6) is -1.26. The van der Waals surface area contributed by atoms with Crippen molar-refractivity contribution in [3.8, 4) is 0 Å². The number of benzene rings is 1. The van der Waals surface area contributed by atoms with Crippen LogP contribution in [0.1, 0.15) is 55.8 Å². The number of carbonyl (C=O) groups excluding carboxylic acids is 2. The largest absolute Gasteiger partial charge is 0.454 e. The molecule has 3 unspecified atom stereocenters. The molecule has 1 aliphatic carbocycles. The number of aromatic nitrogens is 2. The van der Waals surface area contributed by atoms with Crippen LogP contribution < -0.4 is 5.73 Å². The number of hydrogen-bond acceptors (Lipinski definition) is 6. The minimum absolute atomic E-state index is 0.178. The van der Waals surface area contributed by atoms with Crippen molar-refractivity contribution in [2.24, 2.45) is 11.7 Å². The third-order valence-corrected chi connectivity index (χ3v) is 7.36. The van der Waals surface area contributed by atoms with E-state index in [-0.39, 0.29) is 10.4 Å². The molecule has 1 amide bonds. The second-order valence-corrected chi connectivity index (χ2v) is 9.61. The Labute approximate surface area is 194 Å². The van der Waals surface area contributed by atoms with Gasteiger partial charge in [0.05, 0.1) is 13.6 Å². The summed E-state index contributed by atoms with van der Waals surface area (Å²) >= 11 is 0.